The van der Waals surface area contributed by atoms with Crippen molar-refractivity contribution < 1.29 is 33.8 Å². The van der Waals surface area contributed by atoms with E-state index in [0.29, 0.717) is 39.1 Å². The maximum atomic E-state index is 14.2. The number of benzene rings is 3. The smallest absolute Gasteiger partial charge is 0.238 e. The highest BCUT2D eigenvalue weighted by Crippen LogP contribution is 2.57. The van der Waals surface area contributed by atoms with Crippen molar-refractivity contribution in [2.45, 2.75) is 25.7 Å². The lowest BCUT2D eigenvalue weighted by molar-refractivity contribution is -0.123. The number of carbonyl (C=O) groups is 5. The number of ether oxygens (including phenoxy) is 1. The second-order valence-electron chi connectivity index (χ2n) is 11.9. The minimum atomic E-state index is -0.782. The fourth-order valence-electron chi connectivity index (χ4n) is 7.45. The van der Waals surface area contributed by atoms with Gasteiger partial charge in [0.1, 0.15) is 0 Å². The first-order valence-electron chi connectivity index (χ1n) is 14.8. The van der Waals surface area contributed by atoms with Crippen molar-refractivity contribution in [2.24, 2.45) is 17.8 Å². The van der Waals surface area contributed by atoms with Gasteiger partial charge in [-0.3, -0.25) is 28.9 Å². The van der Waals surface area contributed by atoms with Crippen molar-refractivity contribution in [1.29, 1.82) is 0 Å². The summed E-state index contributed by atoms with van der Waals surface area (Å²) >= 11 is 0. The summed E-state index contributed by atoms with van der Waals surface area (Å²) in [4.78, 5) is 69.1. The van der Waals surface area contributed by atoms with Gasteiger partial charge in [0.05, 0.1) is 24.6 Å². The van der Waals surface area contributed by atoms with E-state index in [1.165, 1.54) is 18.1 Å². The van der Waals surface area contributed by atoms with Gasteiger partial charge in [0, 0.05) is 39.3 Å². The van der Waals surface area contributed by atoms with Crippen LogP contribution in [0.1, 0.15) is 47.2 Å². The Morgan fingerprint density at radius 2 is 1.58 bits per heavy atom. The summed E-state index contributed by atoms with van der Waals surface area (Å²) in [7, 11) is 1.43. The van der Waals surface area contributed by atoms with E-state index in [1.54, 1.807) is 73.7 Å². The first kappa shape index (κ1) is 28.4. The van der Waals surface area contributed by atoms with Gasteiger partial charge in [0.15, 0.2) is 28.8 Å². The molecule has 2 amide bonds. The van der Waals surface area contributed by atoms with Crippen molar-refractivity contribution in [3.8, 4) is 11.5 Å². The van der Waals surface area contributed by atoms with Crippen molar-refractivity contribution in [1.82, 2.24) is 0 Å². The second-order valence-corrected chi connectivity index (χ2v) is 11.9. The van der Waals surface area contributed by atoms with Crippen LogP contribution in [0.3, 0.4) is 0 Å². The summed E-state index contributed by atoms with van der Waals surface area (Å²) in [5, 5.41) is 11.2. The molecule has 8 heteroatoms. The average molecular weight is 600 g/mol. The van der Waals surface area contributed by atoms with Crippen LogP contribution in [0.2, 0.25) is 0 Å². The second kappa shape index (κ2) is 10.7. The van der Waals surface area contributed by atoms with Gasteiger partial charge in [-0.1, -0.05) is 54.1 Å². The van der Waals surface area contributed by atoms with Crippen LogP contribution in [0, 0.1) is 17.8 Å². The van der Waals surface area contributed by atoms with Crippen LogP contribution in [-0.2, 0) is 19.2 Å². The number of rotatable bonds is 5. The van der Waals surface area contributed by atoms with Crippen LogP contribution >= 0.6 is 0 Å². The van der Waals surface area contributed by atoms with Gasteiger partial charge in [-0.05, 0) is 62.1 Å². The van der Waals surface area contributed by atoms with Gasteiger partial charge in [-0.2, -0.15) is 0 Å². The number of allylic oxidation sites excluding steroid dienone is 6. The molecule has 45 heavy (non-hydrogen) atoms. The molecule has 4 atom stereocenters. The number of Topliss-reactive ketones (excluding diaryl/α,β-unsaturated/α-hetero) is 1. The van der Waals surface area contributed by atoms with Gasteiger partial charge < -0.3 is 9.84 Å². The minimum absolute atomic E-state index is 0.136. The summed E-state index contributed by atoms with van der Waals surface area (Å²) in [6, 6.07) is 20.3. The normalized spacial score (nSPS) is 24.1. The summed E-state index contributed by atoms with van der Waals surface area (Å²) in [6.07, 6.45) is 3.63. The van der Waals surface area contributed by atoms with E-state index >= 15 is 0 Å². The van der Waals surface area contributed by atoms with Crippen LogP contribution in [0.25, 0.3) is 0 Å². The van der Waals surface area contributed by atoms with E-state index in [1.807, 2.05) is 12.1 Å². The van der Waals surface area contributed by atoms with E-state index in [4.69, 9.17) is 4.74 Å². The number of anilines is 1. The molecule has 0 saturated carbocycles. The molecule has 7 rings (SSSR count). The zero-order valence-electron chi connectivity index (χ0n) is 24.7. The van der Waals surface area contributed by atoms with E-state index in [0.717, 1.165) is 5.57 Å². The Morgan fingerprint density at radius 1 is 0.867 bits per heavy atom. The summed E-state index contributed by atoms with van der Waals surface area (Å²) in [5.74, 6) is -4.14. The van der Waals surface area contributed by atoms with Crippen LogP contribution in [0.15, 0.2) is 107 Å². The molecule has 0 aromatic heterocycles. The molecule has 0 radical (unpaired) electrons. The maximum Gasteiger partial charge on any atom is 0.238 e. The number of nitrogens with zero attached hydrogens (tertiary/aromatic N) is 1. The molecule has 4 aliphatic rings. The Hall–Kier alpha value is -5.37. The molecule has 3 aliphatic carbocycles. The number of phenolic OH excluding ortho intramolecular Hbond substituents is 1. The van der Waals surface area contributed by atoms with E-state index in [9.17, 15) is 29.1 Å². The predicted molar refractivity (Wildman–Crippen MR) is 165 cm³/mol. The highest BCUT2D eigenvalue weighted by atomic mass is 16.5. The monoisotopic (exact) mass is 599 g/mol. The van der Waals surface area contributed by atoms with Crippen molar-refractivity contribution in [3.05, 3.63) is 124 Å². The Morgan fingerprint density at radius 3 is 2.29 bits per heavy atom. The molecule has 3 aromatic carbocycles. The van der Waals surface area contributed by atoms with Gasteiger partial charge in [0.2, 0.25) is 11.8 Å². The van der Waals surface area contributed by atoms with Gasteiger partial charge in [-0.25, -0.2) is 0 Å². The first-order valence-corrected chi connectivity index (χ1v) is 14.8. The third-order valence-corrected chi connectivity index (χ3v) is 9.55. The van der Waals surface area contributed by atoms with E-state index in [-0.39, 0.29) is 53.5 Å². The molecule has 1 N–H and O–H groups in total. The average Bonchev–Trinajstić information content (AvgIpc) is 3.32. The van der Waals surface area contributed by atoms with Crippen LogP contribution in [-0.4, -0.2) is 41.4 Å². The third kappa shape index (κ3) is 4.31. The lowest BCUT2D eigenvalue weighted by Crippen LogP contribution is -2.39. The first-order chi connectivity index (χ1) is 21.7. The number of para-hydroxylation sites is 1. The largest absolute Gasteiger partial charge is 0.504 e. The molecular weight excluding hydrogens is 570 g/mol. The van der Waals surface area contributed by atoms with E-state index in [2.05, 4.69) is 0 Å². The fraction of sp³-hybridized carbons (Fsp3) is 0.216. The summed E-state index contributed by atoms with van der Waals surface area (Å²) in [5.41, 5.74) is 3.39. The van der Waals surface area contributed by atoms with Crippen molar-refractivity contribution >= 4 is 34.9 Å². The lowest BCUT2D eigenvalue weighted by atomic mass is 9.59. The summed E-state index contributed by atoms with van der Waals surface area (Å²) < 4.78 is 5.35. The Kier molecular flexibility index (Phi) is 6.73. The van der Waals surface area contributed by atoms with Crippen LogP contribution < -0.4 is 9.64 Å². The number of hydrogen-bond acceptors (Lipinski definition) is 7. The molecule has 8 nitrogen and oxygen atoms in total. The number of hydrogen-bond donors (Lipinski definition) is 1. The highest BCUT2D eigenvalue weighted by molar-refractivity contribution is 6.25. The molecule has 1 aliphatic heterocycles. The van der Waals surface area contributed by atoms with E-state index < -0.39 is 23.7 Å². The zero-order valence-corrected chi connectivity index (χ0v) is 24.7. The SMILES string of the molecule is COc1cccc(C2C3=CCC4C(=O)N(c5ccc(C(=O)c6ccccc6)cc5)C(=O)C4C3CC3=C2C(=O)C=C(C)C3=O)c1O. The standard InChI is InChI=1S/C37H29NO7/c1-19-17-28(39)32-27(33(19)40)18-26-23(30(32)24-9-6-10-29(45-2)35(24)42)15-16-25-31(26)37(44)38(36(25)43)22-13-11-21(12-14-22)34(41)20-7-4-3-5-8-20/h3-15,17,25-26,30-31,42H,16,18H2,1-2H3. The Balaban J connectivity index is 1.27. The van der Waals surface area contributed by atoms with Gasteiger partial charge >= 0.3 is 0 Å². The zero-order chi connectivity index (χ0) is 31.6. The molecule has 1 fully saturated rings. The minimum Gasteiger partial charge on any atom is -0.504 e. The summed E-state index contributed by atoms with van der Waals surface area (Å²) in [6.45, 7) is 1.59. The number of imide groups is 1. The van der Waals surface area contributed by atoms with Gasteiger partial charge in [-0.15, -0.1) is 0 Å². The lowest BCUT2D eigenvalue weighted by Gasteiger charge is -2.42. The number of carbonyl (C=O) groups excluding carboxylic acids is 5. The molecular formula is C37H29NO7. The molecule has 1 saturated heterocycles. The van der Waals surface area contributed by atoms with Gasteiger partial charge in [0.25, 0.3) is 0 Å². The number of methoxy groups -OCH3 is 1. The Labute approximate surface area is 259 Å². The number of fused-ring (bicyclic) bond motifs is 3. The molecule has 1 heterocycles. The fourth-order valence-corrected chi connectivity index (χ4v) is 7.45. The highest BCUT2D eigenvalue weighted by Gasteiger charge is 2.56. The number of ketones is 3. The Bertz CT molecular complexity index is 1920. The third-order valence-electron chi connectivity index (χ3n) is 9.55. The van der Waals surface area contributed by atoms with Crippen LogP contribution in [0.4, 0.5) is 5.69 Å². The van der Waals surface area contributed by atoms with Crippen LogP contribution in [0.5, 0.6) is 11.5 Å². The van der Waals surface area contributed by atoms with Crippen molar-refractivity contribution in [2.75, 3.05) is 12.0 Å². The predicted octanol–water partition coefficient (Wildman–Crippen LogP) is 5.27. The molecule has 4 unspecified atom stereocenters. The van der Waals surface area contributed by atoms with Crippen molar-refractivity contribution in [3.63, 3.8) is 0 Å². The number of phenols is 1. The maximum absolute atomic E-state index is 14.2. The molecule has 224 valence electrons. The molecule has 0 bridgehead atoms. The quantitative estimate of drug-likeness (QED) is 0.184. The molecule has 3 aromatic rings. The number of aromatic hydroxyl groups is 1. The topological polar surface area (TPSA) is 118 Å². The molecule has 0 spiro atoms. The number of amides is 2.